The monoisotopic (exact) mass is 438 g/mol. The molecule has 3 rings (SSSR count). The van der Waals surface area contributed by atoms with E-state index in [2.05, 4.69) is 22.9 Å². The SMILES string of the molecule is CCCCNC(=O)c1cccc(NCC(=O)Nc2ccc(C(=O)N3CCOCC3)cc2)c1. The Morgan fingerprint density at radius 2 is 1.72 bits per heavy atom. The highest BCUT2D eigenvalue weighted by molar-refractivity contribution is 5.97. The van der Waals surface area contributed by atoms with Gasteiger partial charge in [0.05, 0.1) is 19.8 Å². The smallest absolute Gasteiger partial charge is 0.254 e. The zero-order chi connectivity index (χ0) is 22.8. The van der Waals surface area contributed by atoms with Crippen molar-refractivity contribution in [3.05, 3.63) is 59.7 Å². The lowest BCUT2D eigenvalue weighted by Crippen LogP contribution is -2.40. The van der Waals surface area contributed by atoms with Gasteiger partial charge in [0.25, 0.3) is 11.8 Å². The molecule has 0 bridgehead atoms. The molecule has 3 amide bonds. The summed E-state index contributed by atoms with van der Waals surface area (Å²) in [5.74, 6) is -0.389. The molecule has 2 aromatic rings. The van der Waals surface area contributed by atoms with E-state index >= 15 is 0 Å². The van der Waals surface area contributed by atoms with Gasteiger partial charge in [-0.05, 0) is 48.9 Å². The normalized spacial score (nSPS) is 13.3. The van der Waals surface area contributed by atoms with Crippen LogP contribution in [0.4, 0.5) is 11.4 Å². The van der Waals surface area contributed by atoms with E-state index in [-0.39, 0.29) is 24.3 Å². The van der Waals surface area contributed by atoms with Crippen molar-refractivity contribution in [2.75, 3.05) is 50.0 Å². The van der Waals surface area contributed by atoms with Gasteiger partial charge in [0.1, 0.15) is 0 Å². The summed E-state index contributed by atoms with van der Waals surface area (Å²) in [6.45, 7) is 5.05. The van der Waals surface area contributed by atoms with Gasteiger partial charge in [-0.25, -0.2) is 0 Å². The Labute approximate surface area is 188 Å². The molecule has 1 aliphatic rings. The highest BCUT2D eigenvalue weighted by Crippen LogP contribution is 2.14. The van der Waals surface area contributed by atoms with Gasteiger partial charge in [0.2, 0.25) is 5.91 Å². The van der Waals surface area contributed by atoms with Crippen LogP contribution in [-0.2, 0) is 9.53 Å². The Kier molecular flexibility index (Phi) is 8.62. The van der Waals surface area contributed by atoms with Crippen molar-refractivity contribution in [1.29, 1.82) is 0 Å². The lowest BCUT2D eigenvalue weighted by Gasteiger charge is -2.26. The van der Waals surface area contributed by atoms with Crippen molar-refractivity contribution in [3.63, 3.8) is 0 Å². The molecule has 170 valence electrons. The zero-order valence-electron chi connectivity index (χ0n) is 18.4. The number of anilines is 2. The van der Waals surface area contributed by atoms with Crippen molar-refractivity contribution >= 4 is 29.1 Å². The first-order chi connectivity index (χ1) is 15.6. The van der Waals surface area contributed by atoms with Gasteiger partial charge in [-0.2, -0.15) is 0 Å². The average Bonchev–Trinajstić information content (AvgIpc) is 2.83. The molecule has 1 fully saturated rings. The quantitative estimate of drug-likeness (QED) is 0.523. The van der Waals surface area contributed by atoms with Gasteiger partial charge in [-0.3, -0.25) is 14.4 Å². The third kappa shape index (κ3) is 6.81. The highest BCUT2D eigenvalue weighted by atomic mass is 16.5. The summed E-state index contributed by atoms with van der Waals surface area (Å²) in [6.07, 6.45) is 1.95. The topological polar surface area (TPSA) is 99.8 Å². The minimum absolute atomic E-state index is 0.0357. The minimum Gasteiger partial charge on any atom is -0.378 e. The molecule has 0 spiro atoms. The van der Waals surface area contributed by atoms with Crippen molar-refractivity contribution in [2.24, 2.45) is 0 Å². The summed E-state index contributed by atoms with van der Waals surface area (Å²) >= 11 is 0. The van der Waals surface area contributed by atoms with Gasteiger partial charge in [-0.1, -0.05) is 19.4 Å². The van der Waals surface area contributed by atoms with Crippen LogP contribution >= 0.6 is 0 Å². The molecule has 0 aromatic heterocycles. The number of unbranched alkanes of at least 4 members (excludes halogenated alkanes) is 1. The zero-order valence-corrected chi connectivity index (χ0v) is 18.4. The number of carbonyl (C=O) groups is 3. The van der Waals surface area contributed by atoms with Crippen molar-refractivity contribution in [3.8, 4) is 0 Å². The number of rotatable bonds is 9. The Bertz CT molecular complexity index is 924. The fourth-order valence-corrected chi connectivity index (χ4v) is 3.28. The minimum atomic E-state index is -0.227. The first-order valence-corrected chi connectivity index (χ1v) is 11.0. The van der Waals surface area contributed by atoms with E-state index in [4.69, 9.17) is 4.74 Å². The molecule has 0 aliphatic carbocycles. The number of morpholine rings is 1. The van der Waals surface area contributed by atoms with Crippen molar-refractivity contribution < 1.29 is 19.1 Å². The van der Waals surface area contributed by atoms with E-state index in [1.165, 1.54) is 0 Å². The van der Waals surface area contributed by atoms with Crippen molar-refractivity contribution in [2.45, 2.75) is 19.8 Å². The van der Waals surface area contributed by atoms with Gasteiger partial charge in [-0.15, -0.1) is 0 Å². The molecule has 0 unspecified atom stereocenters. The molecular weight excluding hydrogens is 408 g/mol. The third-order valence-electron chi connectivity index (χ3n) is 5.11. The summed E-state index contributed by atoms with van der Waals surface area (Å²) in [7, 11) is 0. The summed E-state index contributed by atoms with van der Waals surface area (Å²) in [5, 5.41) is 8.72. The van der Waals surface area contributed by atoms with Gasteiger partial charge in [0.15, 0.2) is 0 Å². The van der Waals surface area contributed by atoms with Gasteiger partial charge >= 0.3 is 0 Å². The highest BCUT2D eigenvalue weighted by Gasteiger charge is 2.18. The van der Waals surface area contributed by atoms with Crippen LogP contribution in [0.15, 0.2) is 48.5 Å². The van der Waals surface area contributed by atoms with Crippen LogP contribution in [0, 0.1) is 0 Å². The molecule has 1 saturated heterocycles. The molecule has 1 aliphatic heterocycles. The second-order valence-corrected chi connectivity index (χ2v) is 7.57. The second-order valence-electron chi connectivity index (χ2n) is 7.57. The third-order valence-corrected chi connectivity index (χ3v) is 5.11. The van der Waals surface area contributed by atoms with E-state index in [9.17, 15) is 14.4 Å². The first kappa shape index (κ1) is 23.3. The second kappa shape index (κ2) is 11.9. The van der Waals surface area contributed by atoms with Gasteiger partial charge < -0.3 is 25.6 Å². The molecule has 8 heteroatoms. The van der Waals surface area contributed by atoms with Crippen LogP contribution in [-0.4, -0.2) is 62.0 Å². The molecule has 0 atom stereocenters. The van der Waals surface area contributed by atoms with Crippen LogP contribution in [0.3, 0.4) is 0 Å². The van der Waals surface area contributed by atoms with E-state index in [0.29, 0.717) is 55.3 Å². The lowest BCUT2D eigenvalue weighted by atomic mass is 10.1. The Morgan fingerprint density at radius 1 is 0.969 bits per heavy atom. The molecule has 2 aromatic carbocycles. The average molecular weight is 439 g/mol. The standard InChI is InChI=1S/C24H30N4O4/c1-2-3-11-25-23(30)19-5-4-6-21(16-19)26-17-22(29)27-20-9-7-18(8-10-20)24(31)28-12-14-32-15-13-28/h4-10,16,26H,2-3,11-15,17H2,1H3,(H,25,30)(H,27,29). The van der Waals surface area contributed by atoms with E-state index in [1.54, 1.807) is 47.4 Å². The molecule has 0 saturated carbocycles. The van der Waals surface area contributed by atoms with Crippen molar-refractivity contribution in [1.82, 2.24) is 10.2 Å². The number of ether oxygens (including phenoxy) is 1. The van der Waals surface area contributed by atoms with Crippen LogP contribution in [0.5, 0.6) is 0 Å². The van der Waals surface area contributed by atoms with Crippen LogP contribution in [0.25, 0.3) is 0 Å². The fraction of sp³-hybridized carbons (Fsp3) is 0.375. The van der Waals surface area contributed by atoms with Crippen LogP contribution in [0.1, 0.15) is 40.5 Å². The molecule has 8 nitrogen and oxygen atoms in total. The Hall–Kier alpha value is -3.39. The number of hydrogen-bond donors (Lipinski definition) is 3. The maximum absolute atomic E-state index is 12.5. The predicted molar refractivity (Wildman–Crippen MR) is 124 cm³/mol. The number of carbonyl (C=O) groups excluding carboxylic acids is 3. The van der Waals surface area contributed by atoms with Crippen LogP contribution < -0.4 is 16.0 Å². The number of hydrogen-bond acceptors (Lipinski definition) is 5. The predicted octanol–water partition coefficient (Wildman–Crippen LogP) is 2.74. The Morgan fingerprint density at radius 3 is 2.44 bits per heavy atom. The number of amides is 3. The lowest BCUT2D eigenvalue weighted by molar-refractivity contribution is -0.114. The number of benzene rings is 2. The molecule has 0 radical (unpaired) electrons. The molecule has 3 N–H and O–H groups in total. The maximum Gasteiger partial charge on any atom is 0.254 e. The van der Waals surface area contributed by atoms with E-state index in [0.717, 1.165) is 12.8 Å². The fourth-order valence-electron chi connectivity index (χ4n) is 3.28. The number of nitrogens with zero attached hydrogens (tertiary/aromatic N) is 1. The molecule has 32 heavy (non-hydrogen) atoms. The largest absolute Gasteiger partial charge is 0.378 e. The van der Waals surface area contributed by atoms with E-state index in [1.807, 2.05) is 6.07 Å². The van der Waals surface area contributed by atoms with Gasteiger partial charge in [0, 0.05) is 42.1 Å². The molecule has 1 heterocycles. The van der Waals surface area contributed by atoms with Crippen LogP contribution in [0.2, 0.25) is 0 Å². The summed E-state index contributed by atoms with van der Waals surface area (Å²) in [5.41, 5.74) is 2.43. The summed E-state index contributed by atoms with van der Waals surface area (Å²) in [4.78, 5) is 38.7. The first-order valence-electron chi connectivity index (χ1n) is 11.0. The number of nitrogens with one attached hydrogen (secondary N) is 3. The molecular formula is C24H30N4O4. The summed E-state index contributed by atoms with van der Waals surface area (Å²) in [6, 6.07) is 13.9. The van der Waals surface area contributed by atoms with E-state index < -0.39 is 0 Å². The Balaban J connectivity index is 1.48. The summed E-state index contributed by atoms with van der Waals surface area (Å²) < 4.78 is 5.27. The maximum atomic E-state index is 12.5.